The predicted molar refractivity (Wildman–Crippen MR) is 61.7 cm³/mol. The third kappa shape index (κ3) is 1.22. The largest absolute Gasteiger partial charge is 0.318 e. The van der Waals surface area contributed by atoms with E-state index >= 15 is 0 Å². The smallest absolute Gasteiger partial charge is 0.168 e. The van der Waals surface area contributed by atoms with Crippen molar-refractivity contribution in [2.45, 2.75) is 37.8 Å². The molecule has 4 heteroatoms. The lowest BCUT2D eigenvalue weighted by Crippen LogP contribution is -2.38. The topological polar surface area (TPSA) is 15.6 Å². The summed E-state index contributed by atoms with van der Waals surface area (Å²) in [5.74, 6) is 0.620. The fourth-order valence-electron chi connectivity index (χ4n) is 2.59. The van der Waals surface area contributed by atoms with Gasteiger partial charge in [0.15, 0.2) is 5.17 Å². The van der Waals surface area contributed by atoms with E-state index in [9.17, 15) is 0 Å². The second-order valence-electron chi connectivity index (χ2n) is 4.06. The van der Waals surface area contributed by atoms with Crippen LogP contribution in [0, 0.1) is 0 Å². The van der Waals surface area contributed by atoms with E-state index in [2.05, 4.69) is 10.3 Å². The van der Waals surface area contributed by atoms with Crippen LogP contribution in [0.1, 0.15) is 25.7 Å². The molecule has 0 aromatic rings. The summed E-state index contributed by atoms with van der Waals surface area (Å²) in [7, 11) is 0. The van der Waals surface area contributed by atoms with Gasteiger partial charge in [-0.3, -0.25) is 4.99 Å². The zero-order valence-corrected chi connectivity index (χ0v) is 9.52. The van der Waals surface area contributed by atoms with Crippen molar-refractivity contribution < 1.29 is 0 Å². The lowest BCUT2D eigenvalue weighted by atomic mass is 9.91. The van der Waals surface area contributed by atoms with E-state index < -0.39 is 0 Å². The first-order valence-corrected chi connectivity index (χ1v) is 6.60. The molecule has 0 amide bonds. The minimum absolute atomic E-state index is 0.554. The number of amidine groups is 1. The molecule has 0 saturated heterocycles. The summed E-state index contributed by atoms with van der Waals surface area (Å²) in [5, 5.41) is 3.34. The second-order valence-corrected chi connectivity index (χ2v) is 5.17. The third-order valence-corrected chi connectivity index (χ3v) is 4.43. The maximum absolute atomic E-state index is 5.93. The van der Waals surface area contributed by atoms with Crippen LogP contribution in [0.15, 0.2) is 16.1 Å². The first kappa shape index (κ1) is 9.10. The molecule has 2 aliphatic heterocycles. The maximum Gasteiger partial charge on any atom is 0.168 e. The highest BCUT2D eigenvalue weighted by molar-refractivity contribution is 8.16. The summed E-state index contributed by atoms with van der Waals surface area (Å²) in [4.78, 5) is 7.14. The fraction of sp³-hybridized carbons (Fsp3) is 0.700. The second kappa shape index (κ2) is 3.46. The summed E-state index contributed by atoms with van der Waals surface area (Å²) < 4.78 is 0. The molecule has 0 aromatic heterocycles. The summed E-state index contributed by atoms with van der Waals surface area (Å²) in [5.41, 5.74) is 1.25. The summed E-state index contributed by atoms with van der Waals surface area (Å²) >= 11 is 7.67. The quantitative estimate of drug-likeness (QED) is 0.642. The number of rotatable bonds is 1. The van der Waals surface area contributed by atoms with Crippen molar-refractivity contribution in [2.24, 2.45) is 4.99 Å². The van der Waals surface area contributed by atoms with Gasteiger partial charge in [0.05, 0.1) is 18.0 Å². The molecule has 1 fully saturated rings. The molecule has 2 heterocycles. The van der Waals surface area contributed by atoms with E-state index in [4.69, 9.17) is 16.6 Å². The molecular formula is C10H13ClN2S. The van der Waals surface area contributed by atoms with Crippen LogP contribution in [0.3, 0.4) is 0 Å². The van der Waals surface area contributed by atoms with Gasteiger partial charge in [-0.15, -0.1) is 11.6 Å². The van der Waals surface area contributed by atoms with Crippen LogP contribution in [0.5, 0.6) is 0 Å². The third-order valence-electron chi connectivity index (χ3n) is 3.25. The number of allylic oxidation sites excluding steroid dienone is 1. The van der Waals surface area contributed by atoms with Gasteiger partial charge in [0.2, 0.25) is 0 Å². The average Bonchev–Trinajstić information content (AvgIpc) is 2.75. The molecule has 0 N–H and O–H groups in total. The van der Waals surface area contributed by atoms with Gasteiger partial charge in [0, 0.05) is 5.70 Å². The number of hydrogen-bond acceptors (Lipinski definition) is 3. The normalized spacial score (nSPS) is 35.1. The molecular weight excluding hydrogens is 216 g/mol. The molecule has 3 rings (SSSR count). The Bertz CT molecular complexity index is 313. The number of fused-ring (bicyclic) bond motifs is 3. The molecule has 3 aliphatic rings. The van der Waals surface area contributed by atoms with E-state index in [1.165, 1.54) is 36.5 Å². The number of halogens is 1. The highest BCUT2D eigenvalue weighted by atomic mass is 35.5. The molecule has 1 unspecified atom stereocenters. The standard InChI is InChI=1S/C10H13ClN2S/c11-5-7-6-14-10-12-8-3-1-2-4-9(8)13(7)10/h6,8-9H,1-5H2/t8-,9?/m0/s1. The van der Waals surface area contributed by atoms with Crippen LogP contribution < -0.4 is 0 Å². The number of thioether (sulfide) groups is 1. The predicted octanol–water partition coefficient (Wildman–Crippen LogP) is 2.80. The summed E-state index contributed by atoms with van der Waals surface area (Å²) in [6.07, 6.45) is 5.24. The Labute approximate surface area is 93.4 Å². The van der Waals surface area contributed by atoms with Gasteiger partial charge in [0.1, 0.15) is 0 Å². The van der Waals surface area contributed by atoms with Crippen LogP contribution in [0.2, 0.25) is 0 Å². The highest BCUT2D eigenvalue weighted by Gasteiger charge is 2.41. The van der Waals surface area contributed by atoms with Crippen LogP contribution in [-0.2, 0) is 0 Å². The SMILES string of the molecule is ClCC1=CSC2=N[C@H]3CCCCC3N12. The van der Waals surface area contributed by atoms with E-state index in [-0.39, 0.29) is 0 Å². The number of hydrogen-bond donors (Lipinski definition) is 0. The van der Waals surface area contributed by atoms with Gasteiger partial charge in [-0.1, -0.05) is 24.6 Å². The maximum atomic E-state index is 5.93. The monoisotopic (exact) mass is 228 g/mol. The van der Waals surface area contributed by atoms with E-state index in [0.29, 0.717) is 18.0 Å². The lowest BCUT2D eigenvalue weighted by Gasteiger charge is -2.31. The van der Waals surface area contributed by atoms with Crippen molar-refractivity contribution in [3.8, 4) is 0 Å². The summed E-state index contributed by atoms with van der Waals surface area (Å²) in [6, 6.07) is 1.18. The van der Waals surface area contributed by atoms with Crippen molar-refractivity contribution in [3.05, 3.63) is 11.1 Å². The lowest BCUT2D eigenvalue weighted by molar-refractivity contribution is 0.285. The van der Waals surface area contributed by atoms with Gasteiger partial charge in [0.25, 0.3) is 0 Å². The van der Waals surface area contributed by atoms with Crippen molar-refractivity contribution in [1.29, 1.82) is 0 Å². The minimum atomic E-state index is 0.554. The Morgan fingerprint density at radius 2 is 2.36 bits per heavy atom. The van der Waals surface area contributed by atoms with Crippen LogP contribution in [-0.4, -0.2) is 28.0 Å². The highest BCUT2D eigenvalue weighted by Crippen LogP contribution is 2.40. The molecule has 2 nitrogen and oxygen atoms in total. The Morgan fingerprint density at radius 3 is 3.21 bits per heavy atom. The minimum Gasteiger partial charge on any atom is -0.318 e. The molecule has 0 bridgehead atoms. The van der Waals surface area contributed by atoms with Gasteiger partial charge in [-0.05, 0) is 18.2 Å². The van der Waals surface area contributed by atoms with Gasteiger partial charge in [-0.2, -0.15) is 0 Å². The van der Waals surface area contributed by atoms with E-state index in [1.807, 2.05) is 0 Å². The Morgan fingerprint density at radius 1 is 1.50 bits per heavy atom. The van der Waals surface area contributed by atoms with Gasteiger partial charge < -0.3 is 4.90 Å². The number of aliphatic imine (C=N–C) groups is 1. The van der Waals surface area contributed by atoms with Crippen molar-refractivity contribution >= 4 is 28.5 Å². The van der Waals surface area contributed by atoms with Crippen LogP contribution >= 0.6 is 23.4 Å². The zero-order chi connectivity index (χ0) is 9.54. The van der Waals surface area contributed by atoms with Crippen molar-refractivity contribution in [2.75, 3.05) is 5.88 Å². The number of nitrogens with zero attached hydrogens (tertiary/aromatic N) is 2. The first-order valence-electron chi connectivity index (χ1n) is 5.19. The molecule has 2 atom stereocenters. The van der Waals surface area contributed by atoms with Crippen molar-refractivity contribution in [3.63, 3.8) is 0 Å². The number of alkyl halides is 1. The van der Waals surface area contributed by atoms with E-state index in [0.717, 1.165) is 0 Å². The van der Waals surface area contributed by atoms with Crippen LogP contribution in [0.25, 0.3) is 0 Å². The zero-order valence-electron chi connectivity index (χ0n) is 7.95. The summed E-state index contributed by atoms with van der Waals surface area (Å²) in [6.45, 7) is 0. The fourth-order valence-corrected chi connectivity index (χ4v) is 3.88. The molecule has 14 heavy (non-hydrogen) atoms. The van der Waals surface area contributed by atoms with Gasteiger partial charge in [-0.25, -0.2) is 0 Å². The van der Waals surface area contributed by atoms with Gasteiger partial charge >= 0.3 is 0 Å². The Balaban J connectivity index is 1.88. The molecule has 76 valence electrons. The molecule has 0 aromatic carbocycles. The molecule has 1 aliphatic carbocycles. The first-order chi connectivity index (χ1) is 6.90. The Hall–Kier alpha value is -0.150. The molecule has 0 radical (unpaired) electrons. The van der Waals surface area contributed by atoms with Crippen molar-refractivity contribution in [1.82, 2.24) is 4.90 Å². The molecule has 1 saturated carbocycles. The van der Waals surface area contributed by atoms with E-state index in [1.54, 1.807) is 11.8 Å². The Kier molecular flexibility index (Phi) is 2.25. The average molecular weight is 229 g/mol. The van der Waals surface area contributed by atoms with Crippen LogP contribution in [0.4, 0.5) is 0 Å². The molecule has 0 spiro atoms.